The average Bonchev–Trinajstić information content (AvgIpc) is 2.98. The van der Waals surface area contributed by atoms with Crippen LogP contribution in [0.3, 0.4) is 0 Å². The third kappa shape index (κ3) is 3.44. The molecule has 0 aromatic rings. The zero-order chi connectivity index (χ0) is 19.2. The van der Waals surface area contributed by atoms with Crippen LogP contribution in [-0.2, 0) is 0 Å². The largest absolute Gasteiger partial charge is 0.0628 e. The van der Waals surface area contributed by atoms with E-state index in [1.54, 1.807) is 51.4 Å². The highest BCUT2D eigenvalue weighted by Gasteiger charge is 2.59. The first-order valence-corrected chi connectivity index (χ1v) is 12.9. The molecule has 0 aromatic heterocycles. The molecule has 0 N–H and O–H groups in total. The van der Waals surface area contributed by atoms with E-state index in [1.165, 1.54) is 32.1 Å². The van der Waals surface area contributed by atoms with Gasteiger partial charge in [0.25, 0.3) is 0 Å². The summed E-state index contributed by atoms with van der Waals surface area (Å²) in [7, 11) is 0. The van der Waals surface area contributed by atoms with Crippen molar-refractivity contribution in [3.05, 3.63) is 0 Å². The van der Waals surface area contributed by atoms with Crippen LogP contribution in [0.25, 0.3) is 0 Å². The standard InChI is InChI=1S/C27H48/c1-19(2)9-8-10-20(3)23-14-15-24-22-13-12-21-11-6-7-17-26(21,4)25(22)16-18-27(23,24)5/h19-25H,6-18H2,1-5H3/t20-,21+,22-,23-,24+,25+,26-,27+/m0/s1. The summed E-state index contributed by atoms with van der Waals surface area (Å²) in [5.41, 5.74) is 1.39. The van der Waals surface area contributed by atoms with Crippen molar-refractivity contribution < 1.29 is 0 Å². The summed E-state index contributed by atoms with van der Waals surface area (Å²) >= 11 is 0. The van der Waals surface area contributed by atoms with Gasteiger partial charge in [-0.25, -0.2) is 0 Å². The van der Waals surface area contributed by atoms with Crippen LogP contribution >= 0.6 is 0 Å². The Balaban J connectivity index is 1.46. The summed E-state index contributed by atoms with van der Waals surface area (Å²) in [6, 6.07) is 0. The summed E-state index contributed by atoms with van der Waals surface area (Å²) in [5, 5.41) is 0. The Morgan fingerprint density at radius 2 is 1.52 bits per heavy atom. The van der Waals surface area contributed by atoms with Crippen molar-refractivity contribution in [1.82, 2.24) is 0 Å². The monoisotopic (exact) mass is 372 g/mol. The highest BCUT2D eigenvalue weighted by molar-refractivity contribution is 5.09. The topological polar surface area (TPSA) is 0 Å². The van der Waals surface area contributed by atoms with Gasteiger partial charge in [0.1, 0.15) is 0 Å². The minimum atomic E-state index is 0.677. The molecule has 0 heterocycles. The van der Waals surface area contributed by atoms with Gasteiger partial charge in [-0.05, 0) is 104 Å². The fraction of sp³-hybridized carbons (Fsp3) is 1.00. The van der Waals surface area contributed by atoms with Gasteiger partial charge in [0.2, 0.25) is 0 Å². The molecule has 156 valence electrons. The van der Waals surface area contributed by atoms with Crippen molar-refractivity contribution in [3.8, 4) is 0 Å². The molecule has 0 aliphatic heterocycles. The predicted molar refractivity (Wildman–Crippen MR) is 118 cm³/mol. The maximum Gasteiger partial charge on any atom is -0.0264 e. The summed E-state index contributed by atoms with van der Waals surface area (Å²) < 4.78 is 0. The Bertz CT molecular complexity index is 506. The van der Waals surface area contributed by atoms with Gasteiger partial charge in [-0.2, -0.15) is 0 Å². The third-order valence-corrected chi connectivity index (χ3v) is 10.8. The lowest BCUT2D eigenvalue weighted by Gasteiger charge is -2.61. The van der Waals surface area contributed by atoms with E-state index in [9.17, 15) is 0 Å². The summed E-state index contributed by atoms with van der Waals surface area (Å²) in [5.74, 6) is 7.15. The van der Waals surface area contributed by atoms with Crippen molar-refractivity contribution in [2.45, 2.75) is 118 Å². The van der Waals surface area contributed by atoms with E-state index in [1.807, 2.05) is 0 Å². The second-order valence-electron chi connectivity index (χ2n) is 12.4. The van der Waals surface area contributed by atoms with Gasteiger partial charge in [0.05, 0.1) is 0 Å². The first-order chi connectivity index (χ1) is 12.9. The molecule has 0 saturated heterocycles. The lowest BCUT2D eigenvalue weighted by Crippen LogP contribution is -2.53. The Hall–Kier alpha value is 0. The van der Waals surface area contributed by atoms with Gasteiger partial charge in [-0.1, -0.05) is 66.7 Å². The minimum Gasteiger partial charge on any atom is -0.0628 e. The van der Waals surface area contributed by atoms with Gasteiger partial charge in [0, 0.05) is 0 Å². The molecule has 0 spiro atoms. The molecule has 0 amide bonds. The summed E-state index contributed by atoms with van der Waals surface area (Å²) in [6.45, 7) is 12.9. The van der Waals surface area contributed by atoms with Crippen molar-refractivity contribution in [1.29, 1.82) is 0 Å². The highest BCUT2D eigenvalue weighted by atomic mass is 14.6. The molecule has 4 rings (SSSR count). The average molecular weight is 373 g/mol. The quantitative estimate of drug-likeness (QED) is 0.453. The van der Waals surface area contributed by atoms with Crippen LogP contribution in [0.2, 0.25) is 0 Å². The molecule has 0 nitrogen and oxygen atoms in total. The number of rotatable bonds is 5. The summed E-state index contributed by atoms with van der Waals surface area (Å²) in [6.07, 6.45) is 19.9. The smallest absolute Gasteiger partial charge is 0.0264 e. The molecule has 4 fully saturated rings. The molecule has 4 saturated carbocycles. The van der Waals surface area contributed by atoms with Gasteiger partial charge >= 0.3 is 0 Å². The van der Waals surface area contributed by atoms with E-state index in [-0.39, 0.29) is 0 Å². The normalized spacial score (nSPS) is 48.0. The van der Waals surface area contributed by atoms with Crippen LogP contribution in [-0.4, -0.2) is 0 Å². The second-order valence-corrected chi connectivity index (χ2v) is 12.4. The fourth-order valence-corrected chi connectivity index (χ4v) is 9.32. The molecule has 0 heteroatoms. The van der Waals surface area contributed by atoms with Crippen LogP contribution in [0.5, 0.6) is 0 Å². The number of hydrogen-bond acceptors (Lipinski definition) is 0. The first-order valence-electron chi connectivity index (χ1n) is 12.9. The maximum absolute atomic E-state index is 2.75. The van der Waals surface area contributed by atoms with Crippen LogP contribution in [0.15, 0.2) is 0 Å². The molecule has 4 aliphatic carbocycles. The maximum atomic E-state index is 2.75. The van der Waals surface area contributed by atoms with Crippen LogP contribution in [0.1, 0.15) is 118 Å². The summed E-state index contributed by atoms with van der Waals surface area (Å²) in [4.78, 5) is 0. The van der Waals surface area contributed by atoms with E-state index in [4.69, 9.17) is 0 Å². The molecule has 27 heavy (non-hydrogen) atoms. The Morgan fingerprint density at radius 3 is 2.30 bits per heavy atom. The lowest BCUT2D eigenvalue weighted by molar-refractivity contribution is -0.114. The van der Waals surface area contributed by atoms with Gasteiger partial charge in [0.15, 0.2) is 0 Å². The van der Waals surface area contributed by atoms with E-state index in [0.717, 1.165) is 41.4 Å². The molecule has 0 aromatic carbocycles. The molecule has 0 unspecified atom stereocenters. The molecular formula is C27H48. The number of hydrogen-bond donors (Lipinski definition) is 0. The fourth-order valence-electron chi connectivity index (χ4n) is 9.32. The van der Waals surface area contributed by atoms with E-state index >= 15 is 0 Å². The van der Waals surface area contributed by atoms with E-state index in [2.05, 4.69) is 34.6 Å². The minimum absolute atomic E-state index is 0.677. The number of fused-ring (bicyclic) bond motifs is 5. The Kier molecular flexibility index (Phi) is 5.77. The molecular weight excluding hydrogens is 324 g/mol. The van der Waals surface area contributed by atoms with Gasteiger partial charge in [-0.15, -0.1) is 0 Å². The van der Waals surface area contributed by atoms with Crippen molar-refractivity contribution in [2.24, 2.45) is 52.3 Å². The van der Waals surface area contributed by atoms with Crippen LogP contribution < -0.4 is 0 Å². The third-order valence-electron chi connectivity index (χ3n) is 10.8. The highest BCUT2D eigenvalue weighted by Crippen LogP contribution is 2.68. The van der Waals surface area contributed by atoms with Crippen LogP contribution in [0.4, 0.5) is 0 Å². The zero-order valence-electron chi connectivity index (χ0n) is 19.2. The van der Waals surface area contributed by atoms with Gasteiger partial charge in [-0.3, -0.25) is 0 Å². The van der Waals surface area contributed by atoms with Crippen molar-refractivity contribution in [2.75, 3.05) is 0 Å². The lowest BCUT2D eigenvalue weighted by atomic mass is 9.44. The predicted octanol–water partition coefficient (Wildman–Crippen LogP) is 8.50. The van der Waals surface area contributed by atoms with Crippen molar-refractivity contribution >= 4 is 0 Å². The molecule has 4 aliphatic rings. The van der Waals surface area contributed by atoms with Crippen molar-refractivity contribution in [3.63, 3.8) is 0 Å². The van der Waals surface area contributed by atoms with Crippen LogP contribution in [0, 0.1) is 52.3 Å². The first kappa shape index (κ1) is 20.3. The SMILES string of the molecule is CC(C)CCC[C@H](C)[C@@H]1CC[C@@H]2[C@@H]3CC[C@H]4CCCC[C@]4(C)[C@@H]3CC[C@@]21C. The Labute approximate surface area is 170 Å². The second kappa shape index (κ2) is 7.68. The molecule has 8 atom stereocenters. The van der Waals surface area contributed by atoms with Gasteiger partial charge < -0.3 is 0 Å². The van der Waals surface area contributed by atoms with E-state index < -0.39 is 0 Å². The van der Waals surface area contributed by atoms with E-state index in [0.29, 0.717) is 10.8 Å². The molecule has 0 radical (unpaired) electrons. The zero-order valence-corrected chi connectivity index (χ0v) is 19.2. The Morgan fingerprint density at radius 1 is 0.741 bits per heavy atom. The molecule has 0 bridgehead atoms.